The first-order valence-electron chi connectivity index (χ1n) is 6.50. The van der Waals surface area contributed by atoms with Crippen LogP contribution in [0.4, 0.5) is 5.69 Å². The molecule has 1 aliphatic heterocycles. The van der Waals surface area contributed by atoms with Crippen LogP contribution in [0.5, 0.6) is 11.5 Å². The van der Waals surface area contributed by atoms with Gasteiger partial charge in [0.25, 0.3) is 0 Å². The normalized spacial score (nSPS) is 17.6. The van der Waals surface area contributed by atoms with Crippen LogP contribution in [-0.2, 0) is 9.59 Å². The molecule has 1 aromatic rings. The van der Waals surface area contributed by atoms with Crippen LogP contribution in [-0.4, -0.2) is 47.0 Å². The van der Waals surface area contributed by atoms with Gasteiger partial charge >= 0.3 is 0 Å². The summed E-state index contributed by atoms with van der Waals surface area (Å²) in [6.45, 7) is 1.66. The van der Waals surface area contributed by atoms with Gasteiger partial charge in [-0.2, -0.15) is 0 Å². The molecule has 0 aromatic heterocycles. The average Bonchev–Trinajstić information content (AvgIpc) is 2.74. The molecule has 1 aromatic carbocycles. The highest BCUT2D eigenvalue weighted by molar-refractivity contribution is 8.24. The molecule has 1 heterocycles. The van der Waals surface area contributed by atoms with Gasteiger partial charge in [-0.15, -0.1) is 0 Å². The number of ether oxygens (including phenoxy) is 2. The lowest BCUT2D eigenvalue weighted by atomic mass is 10.2. The Labute approximate surface area is 138 Å². The molecule has 0 radical (unpaired) electrons. The summed E-state index contributed by atoms with van der Waals surface area (Å²) >= 11 is 6.39. The number of carbonyl (C=O) groups excluding carboxylic acids is 2. The number of amides is 2. The van der Waals surface area contributed by atoms with E-state index in [4.69, 9.17) is 21.7 Å². The standard InChI is InChI=1S/C14H16N2O4S2/c1-8-13(18)16(14(21)22-8)7-12(17)15-10-5-4-9(19-2)6-11(10)20-3/h4-6,8H,7H2,1-3H3,(H,15,17). The van der Waals surface area contributed by atoms with E-state index in [1.165, 1.54) is 23.8 Å². The van der Waals surface area contributed by atoms with Crippen molar-refractivity contribution in [2.45, 2.75) is 12.2 Å². The molecule has 8 heteroatoms. The van der Waals surface area contributed by atoms with Gasteiger partial charge in [0, 0.05) is 6.07 Å². The zero-order valence-corrected chi connectivity index (χ0v) is 14.0. The summed E-state index contributed by atoms with van der Waals surface area (Å²) in [6.07, 6.45) is 0. The third-order valence-corrected chi connectivity index (χ3v) is 4.58. The van der Waals surface area contributed by atoms with Gasteiger partial charge in [-0.3, -0.25) is 14.5 Å². The number of nitrogens with zero attached hydrogens (tertiary/aromatic N) is 1. The molecular weight excluding hydrogens is 324 g/mol. The number of thioether (sulfide) groups is 1. The van der Waals surface area contributed by atoms with Crippen LogP contribution >= 0.6 is 24.0 Å². The van der Waals surface area contributed by atoms with Crippen molar-refractivity contribution in [3.05, 3.63) is 18.2 Å². The maximum absolute atomic E-state index is 12.1. The minimum absolute atomic E-state index is 0.107. The van der Waals surface area contributed by atoms with E-state index in [0.717, 1.165) is 0 Å². The van der Waals surface area contributed by atoms with E-state index in [9.17, 15) is 9.59 Å². The molecule has 22 heavy (non-hydrogen) atoms. The van der Waals surface area contributed by atoms with Crippen molar-refractivity contribution in [3.8, 4) is 11.5 Å². The van der Waals surface area contributed by atoms with Crippen molar-refractivity contribution in [2.24, 2.45) is 0 Å². The number of hydrogen-bond acceptors (Lipinski definition) is 6. The molecular formula is C14H16N2O4S2. The number of methoxy groups -OCH3 is 2. The van der Waals surface area contributed by atoms with Crippen LogP contribution in [0.15, 0.2) is 18.2 Å². The quantitative estimate of drug-likeness (QED) is 0.826. The fraction of sp³-hybridized carbons (Fsp3) is 0.357. The first-order valence-corrected chi connectivity index (χ1v) is 7.79. The molecule has 1 saturated heterocycles. The lowest BCUT2D eigenvalue weighted by Gasteiger charge is -2.16. The highest BCUT2D eigenvalue weighted by Crippen LogP contribution is 2.30. The smallest absolute Gasteiger partial charge is 0.244 e. The molecule has 1 fully saturated rings. The van der Waals surface area contributed by atoms with Gasteiger partial charge in [-0.05, 0) is 19.1 Å². The van der Waals surface area contributed by atoms with Crippen LogP contribution in [0.3, 0.4) is 0 Å². The van der Waals surface area contributed by atoms with Gasteiger partial charge in [0.15, 0.2) is 0 Å². The molecule has 0 bridgehead atoms. The van der Waals surface area contributed by atoms with Crippen molar-refractivity contribution in [1.29, 1.82) is 0 Å². The van der Waals surface area contributed by atoms with Gasteiger partial charge < -0.3 is 14.8 Å². The zero-order valence-electron chi connectivity index (χ0n) is 12.4. The van der Waals surface area contributed by atoms with Crippen molar-refractivity contribution < 1.29 is 19.1 Å². The Balaban J connectivity index is 2.06. The van der Waals surface area contributed by atoms with E-state index in [1.807, 2.05) is 0 Å². The molecule has 2 rings (SSSR count). The predicted molar refractivity (Wildman–Crippen MR) is 89.5 cm³/mol. The van der Waals surface area contributed by atoms with Gasteiger partial charge in [0.05, 0.1) is 25.2 Å². The molecule has 1 aliphatic rings. The van der Waals surface area contributed by atoms with Gasteiger partial charge in [0.2, 0.25) is 11.8 Å². The summed E-state index contributed by atoms with van der Waals surface area (Å²) in [4.78, 5) is 25.4. The molecule has 118 valence electrons. The fourth-order valence-corrected chi connectivity index (χ4v) is 3.35. The summed E-state index contributed by atoms with van der Waals surface area (Å²) in [6, 6.07) is 5.05. The molecule has 6 nitrogen and oxygen atoms in total. The molecule has 2 amide bonds. The van der Waals surface area contributed by atoms with E-state index in [2.05, 4.69) is 5.32 Å². The molecule has 0 aliphatic carbocycles. The molecule has 1 N–H and O–H groups in total. The SMILES string of the molecule is COc1ccc(NC(=O)CN2C(=O)C(C)SC2=S)c(OC)c1. The highest BCUT2D eigenvalue weighted by Gasteiger charge is 2.34. The van der Waals surface area contributed by atoms with Crippen molar-refractivity contribution in [3.63, 3.8) is 0 Å². The number of hydrogen-bond donors (Lipinski definition) is 1. The fourth-order valence-electron chi connectivity index (χ4n) is 1.95. The summed E-state index contributed by atoms with van der Waals surface area (Å²) in [5.41, 5.74) is 0.506. The Bertz CT molecular complexity index is 621. The first kappa shape index (κ1) is 16.6. The predicted octanol–water partition coefficient (Wildman–Crippen LogP) is 1.89. The summed E-state index contributed by atoms with van der Waals surface area (Å²) in [5, 5.41) is 2.47. The Hall–Kier alpha value is -1.80. The van der Waals surface area contributed by atoms with Crippen LogP contribution in [0.25, 0.3) is 0 Å². The third-order valence-electron chi connectivity index (χ3n) is 3.10. The summed E-state index contributed by atoms with van der Waals surface area (Å²) < 4.78 is 10.7. The summed E-state index contributed by atoms with van der Waals surface area (Å²) in [5.74, 6) is 0.613. The minimum Gasteiger partial charge on any atom is -0.497 e. The van der Waals surface area contributed by atoms with E-state index in [0.29, 0.717) is 21.5 Å². The second-order valence-corrected chi connectivity index (χ2v) is 6.54. The number of carbonyl (C=O) groups is 2. The van der Waals surface area contributed by atoms with Crippen LogP contribution in [0.2, 0.25) is 0 Å². The Morgan fingerprint density at radius 1 is 1.41 bits per heavy atom. The maximum atomic E-state index is 12.1. The molecule has 0 spiro atoms. The Morgan fingerprint density at radius 3 is 2.68 bits per heavy atom. The number of rotatable bonds is 5. The second kappa shape index (κ2) is 6.97. The Morgan fingerprint density at radius 2 is 2.14 bits per heavy atom. The van der Waals surface area contributed by atoms with E-state index in [1.54, 1.807) is 32.2 Å². The minimum atomic E-state index is -0.339. The molecule has 1 unspecified atom stereocenters. The van der Waals surface area contributed by atoms with Crippen molar-refractivity contribution in [1.82, 2.24) is 4.90 Å². The second-order valence-electron chi connectivity index (χ2n) is 4.56. The Kier molecular flexibility index (Phi) is 5.25. The lowest BCUT2D eigenvalue weighted by Crippen LogP contribution is -2.37. The number of anilines is 1. The maximum Gasteiger partial charge on any atom is 0.244 e. The largest absolute Gasteiger partial charge is 0.497 e. The van der Waals surface area contributed by atoms with Crippen LogP contribution < -0.4 is 14.8 Å². The van der Waals surface area contributed by atoms with Crippen molar-refractivity contribution in [2.75, 3.05) is 26.1 Å². The average molecular weight is 340 g/mol. The van der Waals surface area contributed by atoms with Crippen LogP contribution in [0, 0.1) is 0 Å². The van der Waals surface area contributed by atoms with Crippen LogP contribution in [0.1, 0.15) is 6.92 Å². The van der Waals surface area contributed by atoms with E-state index in [-0.39, 0.29) is 23.6 Å². The number of benzene rings is 1. The monoisotopic (exact) mass is 340 g/mol. The van der Waals surface area contributed by atoms with Gasteiger partial charge in [-0.1, -0.05) is 24.0 Å². The number of thiocarbonyl (C=S) groups is 1. The van der Waals surface area contributed by atoms with E-state index < -0.39 is 0 Å². The molecule has 0 saturated carbocycles. The van der Waals surface area contributed by atoms with Gasteiger partial charge in [0.1, 0.15) is 22.4 Å². The zero-order chi connectivity index (χ0) is 16.3. The van der Waals surface area contributed by atoms with Gasteiger partial charge in [-0.25, -0.2) is 0 Å². The van der Waals surface area contributed by atoms with Crippen molar-refractivity contribution >= 4 is 45.8 Å². The van der Waals surface area contributed by atoms with E-state index >= 15 is 0 Å². The number of nitrogens with one attached hydrogen (secondary N) is 1. The third kappa shape index (κ3) is 3.50. The first-order chi connectivity index (χ1) is 10.5. The lowest BCUT2D eigenvalue weighted by molar-refractivity contribution is -0.129. The highest BCUT2D eigenvalue weighted by atomic mass is 32.2. The summed E-state index contributed by atoms with van der Waals surface area (Å²) in [7, 11) is 3.05. The topological polar surface area (TPSA) is 67.9 Å². The molecule has 1 atom stereocenters.